The minimum absolute atomic E-state index is 0.274. The zero-order valence-corrected chi connectivity index (χ0v) is 18.5. The predicted octanol–water partition coefficient (Wildman–Crippen LogP) is 4.75. The molecule has 1 aliphatic heterocycles. The lowest BCUT2D eigenvalue weighted by Gasteiger charge is -2.16. The van der Waals surface area contributed by atoms with Crippen molar-refractivity contribution in [2.45, 2.75) is 20.3 Å². The number of imide groups is 1. The van der Waals surface area contributed by atoms with Crippen LogP contribution < -0.4 is 10.1 Å². The third-order valence-corrected chi connectivity index (χ3v) is 5.59. The molecular weight excluding hydrogens is 400 g/mol. The van der Waals surface area contributed by atoms with Crippen LogP contribution in [0.5, 0.6) is 5.75 Å². The van der Waals surface area contributed by atoms with Gasteiger partial charge >= 0.3 is 0 Å². The Morgan fingerprint density at radius 1 is 0.844 bits per heavy atom. The highest BCUT2D eigenvalue weighted by atomic mass is 16.5. The molecule has 32 heavy (non-hydrogen) atoms. The fourth-order valence-electron chi connectivity index (χ4n) is 3.82. The minimum Gasteiger partial charge on any atom is -0.495 e. The maximum Gasteiger partial charge on any atom is 0.278 e. The fourth-order valence-corrected chi connectivity index (χ4v) is 3.82. The van der Waals surface area contributed by atoms with Gasteiger partial charge in [0.25, 0.3) is 11.8 Å². The summed E-state index contributed by atoms with van der Waals surface area (Å²) in [4.78, 5) is 28.2. The van der Waals surface area contributed by atoms with Crippen molar-refractivity contribution in [1.29, 1.82) is 0 Å². The van der Waals surface area contributed by atoms with Gasteiger partial charge < -0.3 is 10.1 Å². The molecule has 0 atom stereocenters. The van der Waals surface area contributed by atoms with Gasteiger partial charge in [0.15, 0.2) is 0 Å². The maximum absolute atomic E-state index is 13.4. The lowest BCUT2D eigenvalue weighted by atomic mass is 10.0. The summed E-state index contributed by atoms with van der Waals surface area (Å²) >= 11 is 0. The second kappa shape index (κ2) is 9.10. The number of nitrogens with zero attached hydrogens (tertiary/aromatic N) is 1. The molecule has 3 aromatic carbocycles. The number of aryl methyl sites for hydroxylation is 2. The van der Waals surface area contributed by atoms with Crippen LogP contribution in [0.15, 0.2) is 78.5 Å². The first kappa shape index (κ1) is 21.4. The van der Waals surface area contributed by atoms with Gasteiger partial charge in [0.2, 0.25) is 0 Å². The van der Waals surface area contributed by atoms with Gasteiger partial charge in [0, 0.05) is 6.54 Å². The van der Waals surface area contributed by atoms with Crippen LogP contribution in [0, 0.1) is 13.8 Å². The number of rotatable bonds is 7. The largest absolute Gasteiger partial charge is 0.495 e. The molecule has 0 unspecified atom stereocenters. The number of methoxy groups -OCH3 is 1. The van der Waals surface area contributed by atoms with Gasteiger partial charge in [-0.15, -0.1) is 0 Å². The molecule has 5 nitrogen and oxygen atoms in total. The number of ether oxygens (including phenoxy) is 1. The summed E-state index contributed by atoms with van der Waals surface area (Å²) in [6, 6.07) is 23.2. The molecule has 0 fully saturated rings. The van der Waals surface area contributed by atoms with Gasteiger partial charge in [-0.3, -0.25) is 14.5 Å². The number of anilines is 1. The van der Waals surface area contributed by atoms with Crippen molar-refractivity contribution < 1.29 is 14.3 Å². The van der Waals surface area contributed by atoms with Crippen LogP contribution in [-0.2, 0) is 16.0 Å². The molecule has 0 bridgehead atoms. The van der Waals surface area contributed by atoms with E-state index in [1.165, 1.54) is 4.90 Å². The summed E-state index contributed by atoms with van der Waals surface area (Å²) < 4.78 is 5.47. The van der Waals surface area contributed by atoms with Gasteiger partial charge in [-0.25, -0.2) is 0 Å². The lowest BCUT2D eigenvalue weighted by molar-refractivity contribution is -0.136. The van der Waals surface area contributed by atoms with E-state index in [4.69, 9.17) is 4.74 Å². The fraction of sp³-hybridized carbons (Fsp3) is 0.185. The lowest BCUT2D eigenvalue weighted by Crippen LogP contribution is -2.34. The van der Waals surface area contributed by atoms with Crippen LogP contribution >= 0.6 is 0 Å². The first-order valence-electron chi connectivity index (χ1n) is 10.6. The van der Waals surface area contributed by atoms with E-state index in [9.17, 15) is 9.59 Å². The van der Waals surface area contributed by atoms with Crippen molar-refractivity contribution >= 4 is 23.1 Å². The van der Waals surface area contributed by atoms with E-state index in [0.29, 0.717) is 35.5 Å². The van der Waals surface area contributed by atoms with Crippen molar-refractivity contribution in [3.8, 4) is 5.75 Å². The molecule has 1 N–H and O–H groups in total. The van der Waals surface area contributed by atoms with Crippen LogP contribution in [0.25, 0.3) is 5.57 Å². The Morgan fingerprint density at radius 2 is 1.53 bits per heavy atom. The Hall–Kier alpha value is -3.86. The molecule has 4 rings (SSSR count). The highest BCUT2D eigenvalue weighted by Crippen LogP contribution is 2.34. The molecule has 5 heteroatoms. The quantitative estimate of drug-likeness (QED) is 0.554. The first-order valence-corrected chi connectivity index (χ1v) is 10.6. The molecule has 1 heterocycles. The number of hydrogen-bond donors (Lipinski definition) is 1. The topological polar surface area (TPSA) is 58.6 Å². The highest BCUT2D eigenvalue weighted by Gasteiger charge is 2.39. The van der Waals surface area contributed by atoms with E-state index in [0.717, 1.165) is 16.7 Å². The molecule has 0 spiro atoms. The minimum atomic E-state index is -0.329. The zero-order chi connectivity index (χ0) is 22.7. The normalized spacial score (nSPS) is 13.7. The molecule has 0 saturated carbocycles. The van der Waals surface area contributed by atoms with E-state index in [1.54, 1.807) is 7.11 Å². The summed E-state index contributed by atoms with van der Waals surface area (Å²) in [6.07, 6.45) is 0.598. The molecule has 1 aliphatic rings. The Bertz CT molecular complexity index is 1180. The number of hydrogen-bond acceptors (Lipinski definition) is 4. The Kier molecular flexibility index (Phi) is 6.08. The van der Waals surface area contributed by atoms with Crippen molar-refractivity contribution in [3.05, 3.63) is 101 Å². The van der Waals surface area contributed by atoms with Crippen molar-refractivity contribution in [3.63, 3.8) is 0 Å². The Labute approximate surface area is 188 Å². The molecule has 3 aromatic rings. The molecule has 0 aromatic heterocycles. The Balaban J connectivity index is 1.71. The summed E-state index contributed by atoms with van der Waals surface area (Å²) in [5, 5.41) is 3.22. The summed E-state index contributed by atoms with van der Waals surface area (Å²) in [7, 11) is 1.58. The third kappa shape index (κ3) is 4.28. The molecule has 0 saturated heterocycles. The standard InChI is InChI=1S/C27H26N2O3/c1-18-9-12-21(13-10-18)24-25(28-22-17-19(2)11-14-23(22)32-3)27(31)29(26(24)30)16-15-20-7-5-4-6-8-20/h4-14,17,28H,15-16H2,1-3H3. The summed E-state index contributed by atoms with van der Waals surface area (Å²) in [5.74, 6) is -0.0108. The molecule has 162 valence electrons. The number of carbonyl (C=O) groups excluding carboxylic acids is 2. The second-order valence-electron chi connectivity index (χ2n) is 7.94. The van der Waals surface area contributed by atoms with E-state index in [2.05, 4.69) is 5.32 Å². The van der Waals surface area contributed by atoms with Gasteiger partial charge in [0.05, 0.1) is 18.4 Å². The molecule has 2 amide bonds. The summed E-state index contributed by atoms with van der Waals surface area (Å²) in [5.41, 5.74) is 5.20. The smallest absolute Gasteiger partial charge is 0.278 e. The molecular formula is C27H26N2O3. The van der Waals surface area contributed by atoms with Crippen LogP contribution in [-0.4, -0.2) is 30.4 Å². The van der Waals surface area contributed by atoms with Gasteiger partial charge in [0.1, 0.15) is 11.4 Å². The van der Waals surface area contributed by atoms with Crippen molar-refractivity contribution in [2.24, 2.45) is 0 Å². The second-order valence-corrected chi connectivity index (χ2v) is 7.94. The predicted molar refractivity (Wildman–Crippen MR) is 126 cm³/mol. The summed E-state index contributed by atoms with van der Waals surface area (Å²) in [6.45, 7) is 4.27. The number of carbonyl (C=O) groups is 2. The van der Waals surface area contributed by atoms with Gasteiger partial charge in [-0.1, -0.05) is 66.2 Å². The average molecular weight is 427 g/mol. The zero-order valence-electron chi connectivity index (χ0n) is 18.5. The average Bonchev–Trinajstić information content (AvgIpc) is 3.03. The van der Waals surface area contributed by atoms with E-state index in [-0.39, 0.29) is 17.5 Å². The van der Waals surface area contributed by atoms with Crippen LogP contribution in [0.4, 0.5) is 5.69 Å². The number of nitrogens with one attached hydrogen (secondary N) is 1. The van der Waals surface area contributed by atoms with Gasteiger partial charge in [-0.2, -0.15) is 0 Å². The van der Waals surface area contributed by atoms with E-state index < -0.39 is 0 Å². The van der Waals surface area contributed by atoms with Crippen LogP contribution in [0.1, 0.15) is 22.3 Å². The SMILES string of the molecule is COc1ccc(C)cc1NC1=C(c2ccc(C)cc2)C(=O)N(CCc2ccccc2)C1=O. The number of amides is 2. The van der Waals surface area contributed by atoms with E-state index >= 15 is 0 Å². The van der Waals surface area contributed by atoms with Crippen LogP contribution in [0.2, 0.25) is 0 Å². The molecule has 0 radical (unpaired) electrons. The molecule has 0 aliphatic carbocycles. The highest BCUT2D eigenvalue weighted by molar-refractivity contribution is 6.36. The first-order chi connectivity index (χ1) is 15.5. The van der Waals surface area contributed by atoms with Crippen molar-refractivity contribution in [2.75, 3.05) is 19.0 Å². The number of benzene rings is 3. The van der Waals surface area contributed by atoms with E-state index in [1.807, 2.05) is 86.6 Å². The third-order valence-electron chi connectivity index (χ3n) is 5.59. The van der Waals surface area contributed by atoms with Crippen molar-refractivity contribution in [1.82, 2.24) is 4.90 Å². The maximum atomic E-state index is 13.4. The van der Waals surface area contributed by atoms with Gasteiger partial charge in [-0.05, 0) is 49.1 Å². The monoisotopic (exact) mass is 426 g/mol. The van der Waals surface area contributed by atoms with Crippen LogP contribution in [0.3, 0.4) is 0 Å². The Morgan fingerprint density at radius 3 is 2.22 bits per heavy atom.